The highest BCUT2D eigenvalue weighted by Crippen LogP contribution is 2.39. The Morgan fingerprint density at radius 2 is 1.63 bits per heavy atom. The van der Waals surface area contributed by atoms with E-state index in [0.29, 0.717) is 47.9 Å². The minimum Gasteiger partial charge on any atom is -0.493 e. The summed E-state index contributed by atoms with van der Waals surface area (Å²) in [7, 11) is 4.73. The van der Waals surface area contributed by atoms with Crippen LogP contribution in [-0.2, 0) is 6.54 Å². The van der Waals surface area contributed by atoms with Crippen LogP contribution in [0.2, 0.25) is 5.02 Å². The number of ether oxygens (including phenoxy) is 4. The summed E-state index contributed by atoms with van der Waals surface area (Å²) in [5, 5.41) is 7.13. The van der Waals surface area contributed by atoms with E-state index < -0.39 is 0 Å². The third-order valence-electron chi connectivity index (χ3n) is 4.01. The molecule has 9 heteroatoms. The molecule has 0 aliphatic heterocycles. The Kier molecular flexibility index (Phi) is 11.5. The van der Waals surface area contributed by atoms with Gasteiger partial charge < -0.3 is 29.6 Å². The molecule has 0 aliphatic rings. The molecule has 7 nitrogen and oxygen atoms in total. The van der Waals surface area contributed by atoms with Crippen LogP contribution in [0.1, 0.15) is 19.4 Å². The summed E-state index contributed by atoms with van der Waals surface area (Å²) in [6.07, 6.45) is 0. The van der Waals surface area contributed by atoms with Crippen molar-refractivity contribution in [2.45, 2.75) is 20.4 Å². The summed E-state index contributed by atoms with van der Waals surface area (Å²) < 4.78 is 21.9. The van der Waals surface area contributed by atoms with Crippen LogP contribution < -0.4 is 29.6 Å². The number of nitrogens with one attached hydrogen (secondary N) is 2. The number of halogens is 2. The van der Waals surface area contributed by atoms with Crippen molar-refractivity contribution in [3.63, 3.8) is 0 Å². The van der Waals surface area contributed by atoms with Gasteiger partial charge >= 0.3 is 0 Å². The van der Waals surface area contributed by atoms with Crippen LogP contribution in [0.25, 0.3) is 0 Å². The van der Waals surface area contributed by atoms with Crippen molar-refractivity contribution in [3.8, 4) is 23.0 Å². The number of benzene rings is 2. The molecule has 166 valence electrons. The van der Waals surface area contributed by atoms with Gasteiger partial charge in [-0.1, -0.05) is 17.7 Å². The van der Waals surface area contributed by atoms with Gasteiger partial charge in [-0.2, -0.15) is 0 Å². The van der Waals surface area contributed by atoms with Crippen LogP contribution in [0.15, 0.2) is 35.3 Å². The number of hydrogen-bond donors (Lipinski definition) is 2. The fourth-order valence-corrected chi connectivity index (χ4v) is 2.87. The fraction of sp³-hybridized carbons (Fsp3) is 0.381. The number of hydrogen-bond acceptors (Lipinski definition) is 5. The highest BCUT2D eigenvalue weighted by Gasteiger charge is 2.14. The lowest BCUT2D eigenvalue weighted by Crippen LogP contribution is -2.30. The first-order chi connectivity index (χ1) is 14.1. The maximum Gasteiger partial charge on any atom is 0.203 e. The van der Waals surface area contributed by atoms with Gasteiger partial charge in [0.25, 0.3) is 0 Å². The van der Waals surface area contributed by atoms with Gasteiger partial charge in [0.15, 0.2) is 17.5 Å². The minimum atomic E-state index is 0. The van der Waals surface area contributed by atoms with Gasteiger partial charge in [-0.05, 0) is 26.0 Å². The van der Waals surface area contributed by atoms with Crippen molar-refractivity contribution in [1.29, 1.82) is 0 Å². The smallest absolute Gasteiger partial charge is 0.203 e. The van der Waals surface area contributed by atoms with Crippen molar-refractivity contribution in [3.05, 3.63) is 40.9 Å². The maximum atomic E-state index is 6.08. The lowest BCUT2D eigenvalue weighted by Gasteiger charge is -2.16. The molecule has 0 bridgehead atoms. The van der Waals surface area contributed by atoms with Crippen LogP contribution in [-0.4, -0.2) is 40.4 Å². The fourth-order valence-electron chi connectivity index (χ4n) is 2.71. The van der Waals surface area contributed by atoms with Gasteiger partial charge in [-0.15, -0.1) is 24.0 Å². The summed E-state index contributed by atoms with van der Waals surface area (Å²) >= 11 is 6.08. The van der Waals surface area contributed by atoms with E-state index in [1.165, 1.54) is 0 Å². The van der Waals surface area contributed by atoms with Crippen molar-refractivity contribution >= 4 is 47.2 Å². The van der Waals surface area contributed by atoms with E-state index in [1.54, 1.807) is 27.4 Å². The molecule has 0 saturated carbocycles. The molecule has 0 aromatic heterocycles. The van der Waals surface area contributed by atoms with Crippen molar-refractivity contribution in [2.75, 3.05) is 39.8 Å². The molecular formula is C21H29ClIN3O4. The third kappa shape index (κ3) is 7.02. The van der Waals surface area contributed by atoms with Crippen LogP contribution in [0.3, 0.4) is 0 Å². The Bertz CT molecular complexity index is 824. The van der Waals surface area contributed by atoms with E-state index >= 15 is 0 Å². The molecule has 0 heterocycles. The van der Waals surface area contributed by atoms with Crippen molar-refractivity contribution in [1.82, 2.24) is 5.32 Å². The maximum absolute atomic E-state index is 6.08. The number of nitrogens with zero attached hydrogens (tertiary/aromatic N) is 1. The predicted octanol–water partition coefficient (Wildman–Crippen LogP) is 4.96. The van der Waals surface area contributed by atoms with Gasteiger partial charge in [0.2, 0.25) is 5.75 Å². The molecule has 0 unspecified atom stereocenters. The van der Waals surface area contributed by atoms with Gasteiger partial charge in [-0.3, -0.25) is 0 Å². The van der Waals surface area contributed by atoms with Crippen LogP contribution >= 0.6 is 35.6 Å². The van der Waals surface area contributed by atoms with Crippen molar-refractivity contribution < 1.29 is 18.9 Å². The highest BCUT2D eigenvalue weighted by atomic mass is 127. The van der Waals surface area contributed by atoms with E-state index in [4.69, 9.17) is 30.5 Å². The van der Waals surface area contributed by atoms with E-state index in [-0.39, 0.29) is 24.0 Å². The normalized spacial score (nSPS) is 10.7. The minimum absolute atomic E-state index is 0. The highest BCUT2D eigenvalue weighted by molar-refractivity contribution is 14.0. The quantitative estimate of drug-likeness (QED) is 0.262. The first-order valence-corrected chi connectivity index (χ1v) is 9.70. The molecule has 0 spiro atoms. The van der Waals surface area contributed by atoms with E-state index in [9.17, 15) is 0 Å². The summed E-state index contributed by atoms with van der Waals surface area (Å²) in [5.41, 5.74) is 1.69. The molecule has 30 heavy (non-hydrogen) atoms. The summed E-state index contributed by atoms with van der Waals surface area (Å²) in [6, 6.07) is 9.19. The van der Waals surface area contributed by atoms with Gasteiger partial charge in [0.1, 0.15) is 5.75 Å². The lowest BCUT2D eigenvalue weighted by atomic mass is 10.2. The molecule has 0 amide bonds. The first kappa shape index (κ1) is 26.0. The molecule has 0 aliphatic carbocycles. The third-order valence-corrected chi connectivity index (χ3v) is 4.24. The molecule has 0 fully saturated rings. The SMILES string of the molecule is CCNC(=NCc1ccc(Cl)cc1OCC)Nc1cc(OC)c(OC)c(OC)c1.I. The number of anilines is 1. The average molecular weight is 550 g/mol. The Balaban J connectivity index is 0.00000450. The molecular weight excluding hydrogens is 521 g/mol. The van der Waals surface area contributed by atoms with Gasteiger partial charge in [0.05, 0.1) is 34.5 Å². The Labute approximate surface area is 200 Å². The average Bonchev–Trinajstić information content (AvgIpc) is 2.72. The Morgan fingerprint density at radius 1 is 0.967 bits per heavy atom. The summed E-state index contributed by atoms with van der Waals surface area (Å²) in [5.74, 6) is 2.99. The second-order valence-corrected chi connectivity index (χ2v) is 6.36. The number of rotatable bonds is 9. The number of aliphatic imine (C=N–C) groups is 1. The summed E-state index contributed by atoms with van der Waals surface area (Å²) in [4.78, 5) is 4.66. The Hall–Kier alpha value is -2.07. The monoisotopic (exact) mass is 549 g/mol. The number of guanidine groups is 1. The molecule has 0 atom stereocenters. The Morgan fingerprint density at radius 3 is 2.17 bits per heavy atom. The molecule has 2 N–H and O–H groups in total. The van der Waals surface area contributed by atoms with Gasteiger partial charge in [-0.25, -0.2) is 4.99 Å². The van der Waals surface area contributed by atoms with Crippen molar-refractivity contribution in [2.24, 2.45) is 4.99 Å². The zero-order valence-electron chi connectivity index (χ0n) is 17.9. The number of methoxy groups -OCH3 is 3. The second-order valence-electron chi connectivity index (χ2n) is 5.92. The molecule has 0 saturated heterocycles. The molecule has 2 aromatic rings. The zero-order chi connectivity index (χ0) is 21.2. The predicted molar refractivity (Wildman–Crippen MR) is 133 cm³/mol. The molecule has 0 radical (unpaired) electrons. The standard InChI is InChI=1S/C21H28ClN3O4.HI/c1-6-23-21(24-13-14-8-9-15(22)10-17(14)29-7-2)25-16-11-18(26-3)20(28-5)19(12-16)27-4;/h8-12H,6-7,13H2,1-5H3,(H2,23,24,25);1H. The first-order valence-electron chi connectivity index (χ1n) is 9.32. The van der Waals surface area contributed by atoms with E-state index in [2.05, 4.69) is 15.6 Å². The topological polar surface area (TPSA) is 73.3 Å². The van der Waals surface area contributed by atoms with E-state index in [0.717, 1.165) is 17.0 Å². The molecule has 2 aromatic carbocycles. The van der Waals surface area contributed by atoms with Crippen LogP contribution in [0.4, 0.5) is 5.69 Å². The molecule has 2 rings (SSSR count). The second kappa shape index (κ2) is 13.3. The van der Waals surface area contributed by atoms with Crippen LogP contribution in [0.5, 0.6) is 23.0 Å². The summed E-state index contributed by atoms with van der Waals surface area (Å²) in [6.45, 7) is 5.62. The van der Waals surface area contributed by atoms with Crippen LogP contribution in [0, 0.1) is 0 Å². The zero-order valence-corrected chi connectivity index (χ0v) is 21.0. The van der Waals surface area contributed by atoms with Gasteiger partial charge in [0, 0.05) is 35.0 Å². The largest absolute Gasteiger partial charge is 0.493 e. The lowest BCUT2D eigenvalue weighted by molar-refractivity contribution is 0.324. The van der Waals surface area contributed by atoms with E-state index in [1.807, 2.05) is 38.1 Å².